The van der Waals surface area contributed by atoms with Crippen LogP contribution >= 0.6 is 0 Å². The van der Waals surface area contributed by atoms with E-state index in [2.05, 4.69) is 31.7 Å². The molecule has 0 spiro atoms. The average Bonchev–Trinajstić information content (AvgIpc) is 3.38. The van der Waals surface area contributed by atoms with Gasteiger partial charge in [0.1, 0.15) is 17.0 Å². The molecule has 4 aromatic rings. The van der Waals surface area contributed by atoms with E-state index in [4.69, 9.17) is 5.73 Å². The van der Waals surface area contributed by atoms with Gasteiger partial charge in [0, 0.05) is 42.8 Å². The fourth-order valence-corrected chi connectivity index (χ4v) is 4.18. The Hall–Kier alpha value is -3.24. The van der Waals surface area contributed by atoms with Crippen molar-refractivity contribution in [2.24, 2.45) is 5.73 Å². The number of nitrogens with two attached hydrogens (primary N) is 1. The maximum atomic E-state index is 13.8. The van der Waals surface area contributed by atoms with E-state index < -0.39 is 12.4 Å². The highest BCUT2D eigenvalue weighted by Gasteiger charge is 2.25. The lowest BCUT2D eigenvalue weighted by atomic mass is 10.1. The van der Waals surface area contributed by atoms with Crippen LogP contribution in [0.5, 0.6) is 5.75 Å². The lowest BCUT2D eigenvalue weighted by Crippen LogP contribution is -2.28. The monoisotopic (exact) mass is 442 g/mol. The van der Waals surface area contributed by atoms with E-state index >= 15 is 0 Å². The first kappa shape index (κ1) is 20.7. The van der Waals surface area contributed by atoms with Crippen molar-refractivity contribution in [2.45, 2.75) is 32.0 Å². The minimum atomic E-state index is -3.10. The molecule has 0 bridgehead atoms. The molecule has 1 aromatic carbocycles. The Morgan fingerprint density at radius 1 is 1.16 bits per heavy atom. The Morgan fingerprint density at radius 2 is 2.00 bits per heavy atom. The van der Waals surface area contributed by atoms with Gasteiger partial charge in [-0.1, -0.05) is 12.1 Å². The summed E-state index contributed by atoms with van der Waals surface area (Å²) in [6, 6.07) is 9.58. The standard InChI is InChI=1S/C22H21F3N6O/c1-12(30-7-6-16(26)11-30)14-3-5-19-28-29-21(31(19)10-14)17-4-2-13-8-15(23)9-18(20(13)27-17)32-22(24)25/h2-5,8-10,12,16,22H,6-7,11,26H2,1H3/t12-,16-/m0/s1. The molecule has 1 saturated heterocycles. The summed E-state index contributed by atoms with van der Waals surface area (Å²) >= 11 is 0. The second-order valence-corrected chi connectivity index (χ2v) is 7.98. The van der Waals surface area contributed by atoms with Crippen molar-refractivity contribution in [3.63, 3.8) is 0 Å². The Bertz CT molecular complexity index is 1290. The molecule has 0 radical (unpaired) electrons. The molecule has 32 heavy (non-hydrogen) atoms. The molecule has 1 aliphatic rings. The summed E-state index contributed by atoms with van der Waals surface area (Å²) < 4.78 is 45.8. The van der Waals surface area contributed by atoms with Gasteiger partial charge in [-0.3, -0.25) is 9.30 Å². The lowest BCUT2D eigenvalue weighted by molar-refractivity contribution is -0.0490. The highest BCUT2D eigenvalue weighted by molar-refractivity contribution is 5.86. The molecule has 3 aromatic heterocycles. The summed E-state index contributed by atoms with van der Waals surface area (Å²) in [5.41, 5.74) is 8.28. The van der Waals surface area contributed by atoms with E-state index in [1.165, 1.54) is 6.07 Å². The number of fused-ring (bicyclic) bond motifs is 2. The number of ether oxygens (including phenoxy) is 1. The number of hydrogen-bond donors (Lipinski definition) is 1. The van der Waals surface area contributed by atoms with Crippen LogP contribution in [0.1, 0.15) is 24.9 Å². The maximum absolute atomic E-state index is 13.8. The number of nitrogens with zero attached hydrogens (tertiary/aromatic N) is 5. The molecule has 5 rings (SSSR count). The summed E-state index contributed by atoms with van der Waals surface area (Å²) in [5, 5.41) is 8.79. The molecule has 0 unspecified atom stereocenters. The van der Waals surface area contributed by atoms with Gasteiger partial charge in [0.15, 0.2) is 17.2 Å². The quantitative estimate of drug-likeness (QED) is 0.507. The Balaban J connectivity index is 1.57. The largest absolute Gasteiger partial charge is 0.432 e. The first-order valence-electron chi connectivity index (χ1n) is 10.3. The second-order valence-electron chi connectivity index (χ2n) is 7.98. The van der Waals surface area contributed by atoms with Gasteiger partial charge in [-0.2, -0.15) is 8.78 Å². The number of rotatable bonds is 5. The summed E-state index contributed by atoms with van der Waals surface area (Å²) in [5.74, 6) is -0.567. The Kier molecular flexibility index (Phi) is 5.18. The predicted molar refractivity (Wildman–Crippen MR) is 113 cm³/mol. The van der Waals surface area contributed by atoms with Gasteiger partial charge < -0.3 is 10.5 Å². The fourth-order valence-electron chi connectivity index (χ4n) is 4.18. The summed E-state index contributed by atoms with van der Waals surface area (Å²) in [4.78, 5) is 6.77. The molecule has 10 heteroatoms. The van der Waals surface area contributed by atoms with E-state index in [1.807, 2.05) is 22.7 Å². The Morgan fingerprint density at radius 3 is 2.75 bits per heavy atom. The van der Waals surface area contributed by atoms with Crippen molar-refractivity contribution in [2.75, 3.05) is 13.1 Å². The van der Waals surface area contributed by atoms with Crippen LogP contribution in [0.3, 0.4) is 0 Å². The van der Waals surface area contributed by atoms with Crippen molar-refractivity contribution < 1.29 is 17.9 Å². The van der Waals surface area contributed by atoms with E-state index in [9.17, 15) is 13.2 Å². The highest BCUT2D eigenvalue weighted by Crippen LogP contribution is 2.30. The van der Waals surface area contributed by atoms with Crippen LogP contribution in [0.25, 0.3) is 28.1 Å². The van der Waals surface area contributed by atoms with Crippen molar-refractivity contribution in [3.05, 3.63) is 54.0 Å². The van der Waals surface area contributed by atoms with Gasteiger partial charge in [0.25, 0.3) is 0 Å². The zero-order valence-corrected chi connectivity index (χ0v) is 17.3. The second kappa shape index (κ2) is 8.03. The Labute approximate surface area is 181 Å². The third kappa shape index (κ3) is 3.76. The molecule has 166 valence electrons. The summed E-state index contributed by atoms with van der Waals surface area (Å²) in [6.07, 6.45) is 2.92. The van der Waals surface area contributed by atoms with E-state index in [0.29, 0.717) is 22.6 Å². The number of hydrogen-bond acceptors (Lipinski definition) is 6. The van der Waals surface area contributed by atoms with Gasteiger partial charge in [0.05, 0.1) is 0 Å². The maximum Gasteiger partial charge on any atom is 0.387 e. The van der Waals surface area contributed by atoms with Crippen molar-refractivity contribution >= 4 is 16.6 Å². The third-order valence-corrected chi connectivity index (χ3v) is 5.88. The smallest absolute Gasteiger partial charge is 0.387 e. The third-order valence-electron chi connectivity index (χ3n) is 5.88. The number of halogens is 3. The number of alkyl halides is 2. The molecular weight excluding hydrogens is 421 g/mol. The molecule has 0 amide bonds. The molecule has 7 nitrogen and oxygen atoms in total. The van der Waals surface area contributed by atoms with Crippen molar-refractivity contribution in [1.29, 1.82) is 0 Å². The van der Waals surface area contributed by atoms with Crippen LogP contribution < -0.4 is 10.5 Å². The molecule has 0 aliphatic carbocycles. The molecular formula is C22H21F3N6O. The molecule has 1 aliphatic heterocycles. The fraction of sp³-hybridized carbons (Fsp3) is 0.318. The minimum absolute atomic E-state index is 0.122. The van der Waals surface area contributed by atoms with Crippen LogP contribution in [0, 0.1) is 5.82 Å². The number of pyridine rings is 2. The lowest BCUT2D eigenvalue weighted by Gasteiger charge is -2.24. The average molecular weight is 442 g/mol. The molecule has 4 heterocycles. The van der Waals surface area contributed by atoms with E-state index in [1.54, 1.807) is 12.1 Å². The summed E-state index contributed by atoms with van der Waals surface area (Å²) in [6.45, 7) is 0.803. The minimum Gasteiger partial charge on any atom is -0.432 e. The zero-order valence-electron chi connectivity index (χ0n) is 17.3. The number of benzene rings is 1. The molecule has 0 saturated carbocycles. The highest BCUT2D eigenvalue weighted by atomic mass is 19.3. The summed E-state index contributed by atoms with van der Waals surface area (Å²) in [7, 11) is 0. The first-order chi connectivity index (χ1) is 15.4. The van der Waals surface area contributed by atoms with Crippen LogP contribution in [-0.4, -0.2) is 50.2 Å². The topological polar surface area (TPSA) is 81.6 Å². The zero-order chi connectivity index (χ0) is 22.4. The first-order valence-corrected chi connectivity index (χ1v) is 10.3. The predicted octanol–water partition coefficient (Wildman–Crippen LogP) is 3.78. The van der Waals surface area contributed by atoms with E-state index in [0.717, 1.165) is 31.1 Å². The molecule has 1 fully saturated rings. The normalized spacial score (nSPS) is 18.1. The molecule has 2 N–H and O–H groups in total. The van der Waals surface area contributed by atoms with Crippen LogP contribution in [0.15, 0.2) is 42.6 Å². The van der Waals surface area contributed by atoms with Crippen molar-refractivity contribution in [1.82, 2.24) is 24.5 Å². The van der Waals surface area contributed by atoms with Gasteiger partial charge in [-0.05, 0) is 37.1 Å². The van der Waals surface area contributed by atoms with Gasteiger partial charge in [0.2, 0.25) is 0 Å². The van der Waals surface area contributed by atoms with Gasteiger partial charge >= 0.3 is 6.61 Å². The van der Waals surface area contributed by atoms with Crippen LogP contribution in [-0.2, 0) is 0 Å². The van der Waals surface area contributed by atoms with Crippen molar-refractivity contribution in [3.8, 4) is 17.3 Å². The number of likely N-dealkylation sites (tertiary alicyclic amines) is 1. The van der Waals surface area contributed by atoms with Crippen LogP contribution in [0.2, 0.25) is 0 Å². The van der Waals surface area contributed by atoms with Gasteiger partial charge in [-0.25, -0.2) is 9.37 Å². The van der Waals surface area contributed by atoms with Crippen LogP contribution in [0.4, 0.5) is 13.2 Å². The SMILES string of the molecule is C[C@@H](c1ccc2nnc(-c3ccc4cc(F)cc(OC(F)F)c4n3)n2c1)N1CC[C@H](N)C1. The molecule has 2 atom stereocenters. The van der Waals surface area contributed by atoms with E-state index in [-0.39, 0.29) is 23.3 Å². The van der Waals surface area contributed by atoms with Gasteiger partial charge in [-0.15, -0.1) is 10.2 Å². The number of aromatic nitrogens is 4.